The highest BCUT2D eigenvalue weighted by Gasteiger charge is 2.20. The van der Waals surface area contributed by atoms with E-state index in [1.54, 1.807) is 24.3 Å². The van der Waals surface area contributed by atoms with E-state index in [4.69, 9.17) is 0 Å². The molecule has 0 saturated carbocycles. The van der Waals surface area contributed by atoms with Crippen LogP contribution < -0.4 is 0 Å². The number of benzene rings is 2. The maximum atomic E-state index is 12.5. The second-order valence-electron chi connectivity index (χ2n) is 4.49. The third-order valence-electron chi connectivity index (χ3n) is 2.86. The fourth-order valence-electron chi connectivity index (χ4n) is 1.82. The number of nitriles is 1. The van der Waals surface area contributed by atoms with Crippen LogP contribution >= 0.6 is 15.9 Å². The van der Waals surface area contributed by atoms with Crippen LogP contribution in [-0.2, 0) is 9.84 Å². The van der Waals surface area contributed by atoms with Crippen LogP contribution in [0, 0.1) is 18.3 Å². The molecule has 0 fully saturated rings. The molecule has 0 saturated heterocycles. The van der Waals surface area contributed by atoms with Crippen molar-refractivity contribution in [3.05, 3.63) is 69.0 Å². The van der Waals surface area contributed by atoms with E-state index in [1.165, 1.54) is 18.2 Å². The van der Waals surface area contributed by atoms with Crippen LogP contribution in [0.5, 0.6) is 0 Å². The van der Waals surface area contributed by atoms with Crippen molar-refractivity contribution >= 4 is 31.8 Å². The number of rotatable bonds is 3. The lowest BCUT2D eigenvalue weighted by atomic mass is 10.1. The minimum Gasteiger partial charge on any atom is -0.218 e. The van der Waals surface area contributed by atoms with Crippen LogP contribution in [0.4, 0.5) is 0 Å². The molecule has 0 unspecified atom stereocenters. The fraction of sp³-hybridized carbons (Fsp3) is 0.0625. The minimum atomic E-state index is -3.80. The van der Waals surface area contributed by atoms with Crippen LogP contribution in [0.1, 0.15) is 11.1 Å². The Morgan fingerprint density at radius 2 is 1.86 bits per heavy atom. The average molecular weight is 362 g/mol. The standard InChI is InChI=1S/C16H12BrNO2S/c1-12-3-2-4-13(9-12)10-16(11-18)21(19,20)15-7-5-14(17)6-8-15/h2-10H,1H3/b16-10+. The van der Waals surface area contributed by atoms with Crippen molar-refractivity contribution in [2.45, 2.75) is 11.8 Å². The van der Waals surface area contributed by atoms with Crippen molar-refractivity contribution < 1.29 is 8.42 Å². The van der Waals surface area contributed by atoms with Crippen molar-refractivity contribution in [3.8, 4) is 6.07 Å². The Labute approximate surface area is 132 Å². The summed E-state index contributed by atoms with van der Waals surface area (Å²) in [6.07, 6.45) is 1.39. The van der Waals surface area contributed by atoms with Crippen molar-refractivity contribution in [2.24, 2.45) is 0 Å². The molecule has 0 amide bonds. The zero-order valence-corrected chi connectivity index (χ0v) is 13.6. The summed E-state index contributed by atoms with van der Waals surface area (Å²) in [5.74, 6) is 0. The van der Waals surface area contributed by atoms with Gasteiger partial charge in [0.05, 0.1) is 4.90 Å². The van der Waals surface area contributed by atoms with Gasteiger partial charge in [-0.2, -0.15) is 5.26 Å². The lowest BCUT2D eigenvalue weighted by Gasteiger charge is -2.04. The van der Waals surface area contributed by atoms with Gasteiger partial charge in [0.1, 0.15) is 11.0 Å². The molecule has 2 aromatic carbocycles. The third kappa shape index (κ3) is 3.60. The van der Waals surface area contributed by atoms with Crippen LogP contribution in [0.3, 0.4) is 0 Å². The molecule has 0 spiro atoms. The minimum absolute atomic E-state index is 0.103. The molecule has 3 nitrogen and oxygen atoms in total. The molecule has 0 aliphatic carbocycles. The summed E-state index contributed by atoms with van der Waals surface area (Å²) in [6, 6.07) is 15.3. The summed E-state index contributed by atoms with van der Waals surface area (Å²) in [7, 11) is -3.80. The Bertz CT molecular complexity index is 831. The second-order valence-corrected chi connectivity index (χ2v) is 7.33. The van der Waals surface area contributed by atoms with Crippen LogP contribution in [0.2, 0.25) is 0 Å². The first kappa shape index (κ1) is 15.5. The lowest BCUT2D eigenvalue weighted by Crippen LogP contribution is -2.03. The average Bonchev–Trinajstić information content (AvgIpc) is 2.45. The molecular weight excluding hydrogens is 350 g/mol. The first-order chi connectivity index (χ1) is 9.93. The molecule has 106 valence electrons. The molecule has 0 bridgehead atoms. The van der Waals surface area contributed by atoms with Gasteiger partial charge in [-0.1, -0.05) is 45.8 Å². The van der Waals surface area contributed by atoms with Crippen molar-refractivity contribution in [1.82, 2.24) is 0 Å². The molecule has 0 aromatic heterocycles. The molecule has 0 radical (unpaired) electrons. The van der Waals surface area contributed by atoms with E-state index in [2.05, 4.69) is 15.9 Å². The van der Waals surface area contributed by atoms with Gasteiger partial charge >= 0.3 is 0 Å². The first-order valence-electron chi connectivity index (χ1n) is 6.12. The second kappa shape index (κ2) is 6.25. The van der Waals surface area contributed by atoms with E-state index in [9.17, 15) is 13.7 Å². The normalized spacial score (nSPS) is 12.0. The zero-order chi connectivity index (χ0) is 15.5. The van der Waals surface area contributed by atoms with E-state index in [0.29, 0.717) is 5.56 Å². The monoisotopic (exact) mass is 361 g/mol. The Morgan fingerprint density at radius 1 is 1.19 bits per heavy atom. The maximum absolute atomic E-state index is 12.5. The summed E-state index contributed by atoms with van der Waals surface area (Å²) < 4.78 is 25.7. The lowest BCUT2D eigenvalue weighted by molar-refractivity contribution is 0.603. The van der Waals surface area contributed by atoms with Gasteiger partial charge in [-0.25, -0.2) is 8.42 Å². The number of hydrogen-bond donors (Lipinski definition) is 0. The molecule has 0 N–H and O–H groups in total. The number of halogens is 1. The number of allylic oxidation sites excluding steroid dienone is 1. The topological polar surface area (TPSA) is 57.9 Å². The molecule has 0 aliphatic rings. The number of sulfone groups is 1. The van der Waals surface area contributed by atoms with Crippen molar-refractivity contribution in [2.75, 3.05) is 0 Å². The largest absolute Gasteiger partial charge is 0.218 e. The van der Waals surface area contributed by atoms with E-state index in [-0.39, 0.29) is 9.80 Å². The van der Waals surface area contributed by atoms with Gasteiger partial charge < -0.3 is 0 Å². The molecule has 0 aliphatic heterocycles. The number of aryl methyl sites for hydroxylation is 1. The quantitative estimate of drug-likeness (QED) is 0.773. The highest BCUT2D eigenvalue weighted by molar-refractivity contribution is 9.10. The predicted molar refractivity (Wildman–Crippen MR) is 86.1 cm³/mol. The van der Waals surface area contributed by atoms with Gasteiger partial charge in [-0.3, -0.25) is 0 Å². The van der Waals surface area contributed by atoms with E-state index in [0.717, 1.165) is 10.0 Å². The smallest absolute Gasteiger partial charge is 0.216 e. The van der Waals surface area contributed by atoms with Gasteiger partial charge in [0.25, 0.3) is 0 Å². The fourth-order valence-corrected chi connectivity index (χ4v) is 3.25. The van der Waals surface area contributed by atoms with E-state index in [1.807, 2.05) is 25.1 Å². The molecule has 0 atom stereocenters. The molecule has 21 heavy (non-hydrogen) atoms. The van der Waals surface area contributed by atoms with Gasteiger partial charge in [0.2, 0.25) is 9.84 Å². The third-order valence-corrected chi connectivity index (χ3v) is 5.07. The van der Waals surface area contributed by atoms with Gasteiger partial charge in [-0.05, 0) is 42.8 Å². The summed E-state index contributed by atoms with van der Waals surface area (Å²) in [5, 5.41) is 9.20. The highest BCUT2D eigenvalue weighted by atomic mass is 79.9. The Morgan fingerprint density at radius 3 is 2.43 bits per heavy atom. The highest BCUT2D eigenvalue weighted by Crippen LogP contribution is 2.23. The van der Waals surface area contributed by atoms with Crippen LogP contribution in [0.25, 0.3) is 6.08 Å². The molecular formula is C16H12BrNO2S. The van der Waals surface area contributed by atoms with E-state index >= 15 is 0 Å². The molecule has 2 aromatic rings. The van der Waals surface area contributed by atoms with Crippen LogP contribution in [0.15, 0.2) is 62.8 Å². The predicted octanol–water partition coefficient (Wildman–Crippen LogP) is 4.10. The molecule has 2 rings (SSSR count). The summed E-state index contributed by atoms with van der Waals surface area (Å²) in [5.41, 5.74) is 1.69. The SMILES string of the molecule is Cc1cccc(/C=C(\C#N)S(=O)(=O)c2ccc(Br)cc2)c1. The molecule has 0 heterocycles. The first-order valence-corrected chi connectivity index (χ1v) is 8.40. The number of nitrogens with zero attached hydrogens (tertiary/aromatic N) is 1. The Balaban J connectivity index is 2.50. The van der Waals surface area contributed by atoms with Crippen molar-refractivity contribution in [1.29, 1.82) is 5.26 Å². The van der Waals surface area contributed by atoms with Crippen molar-refractivity contribution in [3.63, 3.8) is 0 Å². The van der Waals surface area contributed by atoms with Gasteiger partial charge in [0, 0.05) is 4.47 Å². The molecule has 5 heteroatoms. The van der Waals surface area contributed by atoms with Gasteiger partial charge in [-0.15, -0.1) is 0 Å². The number of hydrogen-bond acceptors (Lipinski definition) is 3. The zero-order valence-electron chi connectivity index (χ0n) is 11.2. The summed E-state index contributed by atoms with van der Waals surface area (Å²) >= 11 is 3.25. The van der Waals surface area contributed by atoms with Gasteiger partial charge in [0.15, 0.2) is 0 Å². The Hall–Kier alpha value is -1.90. The summed E-state index contributed by atoms with van der Waals surface area (Å²) in [6.45, 7) is 1.91. The maximum Gasteiger partial charge on any atom is 0.216 e. The van der Waals surface area contributed by atoms with E-state index < -0.39 is 9.84 Å². The summed E-state index contributed by atoms with van der Waals surface area (Å²) in [4.78, 5) is -0.165. The Kier molecular flexibility index (Phi) is 4.61. The van der Waals surface area contributed by atoms with Crippen LogP contribution in [-0.4, -0.2) is 8.42 Å².